The number of fused-ring (bicyclic) bond motifs is 5. The first-order valence-corrected chi connectivity index (χ1v) is 14.0. The molecule has 4 aliphatic rings. The minimum atomic E-state index is -1.32. The fraction of sp³-hybridized carbons (Fsp3) is 0.900. The number of hydrogen-bond donors (Lipinski definition) is 5. The molecule has 3 saturated carbocycles. The van der Waals surface area contributed by atoms with Crippen molar-refractivity contribution in [2.75, 3.05) is 6.61 Å². The molecule has 0 radical (unpaired) electrons. The van der Waals surface area contributed by atoms with Crippen LogP contribution >= 0.6 is 0 Å². The van der Waals surface area contributed by atoms with Gasteiger partial charge in [0.25, 0.3) is 0 Å². The van der Waals surface area contributed by atoms with E-state index in [1.807, 2.05) is 0 Å². The highest BCUT2D eigenvalue weighted by Crippen LogP contribution is 2.74. The van der Waals surface area contributed by atoms with Crippen LogP contribution in [-0.2, 0) is 4.79 Å². The van der Waals surface area contributed by atoms with Gasteiger partial charge >= 0.3 is 5.97 Å². The molecule has 3 fully saturated rings. The maximum Gasteiger partial charge on any atom is 0.303 e. The zero-order valence-corrected chi connectivity index (χ0v) is 23.4. The third-order valence-corrected chi connectivity index (χ3v) is 12.4. The predicted molar refractivity (Wildman–Crippen MR) is 139 cm³/mol. The van der Waals surface area contributed by atoms with E-state index >= 15 is 0 Å². The highest BCUT2D eigenvalue weighted by molar-refractivity contribution is 5.66. The Morgan fingerprint density at radius 1 is 1.00 bits per heavy atom. The molecule has 4 aliphatic carbocycles. The van der Waals surface area contributed by atoms with Crippen molar-refractivity contribution in [2.45, 2.75) is 111 Å². The van der Waals surface area contributed by atoms with Gasteiger partial charge in [0.15, 0.2) is 0 Å². The molecule has 0 spiro atoms. The topological polar surface area (TPSA) is 118 Å². The summed E-state index contributed by atoms with van der Waals surface area (Å²) >= 11 is 0. The molecule has 206 valence electrons. The van der Waals surface area contributed by atoms with E-state index in [-0.39, 0.29) is 52.9 Å². The number of aliphatic hydroxyl groups is 4. The zero-order chi connectivity index (χ0) is 27.1. The van der Waals surface area contributed by atoms with Crippen molar-refractivity contribution in [2.24, 2.45) is 50.7 Å². The first kappa shape index (κ1) is 28.1. The molecule has 11 atom stereocenters. The van der Waals surface area contributed by atoms with Crippen LogP contribution in [0.25, 0.3) is 0 Å². The lowest BCUT2D eigenvalue weighted by Gasteiger charge is -2.72. The molecule has 0 aromatic heterocycles. The molecule has 0 amide bonds. The van der Waals surface area contributed by atoms with Crippen LogP contribution in [0.4, 0.5) is 0 Å². The number of carbonyl (C=O) groups is 1. The van der Waals surface area contributed by atoms with Crippen molar-refractivity contribution in [3.05, 3.63) is 12.2 Å². The largest absolute Gasteiger partial charge is 0.481 e. The Bertz CT molecular complexity index is 911. The van der Waals surface area contributed by atoms with Crippen LogP contribution < -0.4 is 0 Å². The minimum absolute atomic E-state index is 0.00129. The van der Waals surface area contributed by atoms with Gasteiger partial charge in [0.2, 0.25) is 0 Å². The number of allylic oxidation sites excluding steroid dienone is 2. The fourth-order valence-corrected chi connectivity index (χ4v) is 10.1. The molecule has 0 bridgehead atoms. The van der Waals surface area contributed by atoms with Crippen LogP contribution in [0.1, 0.15) is 93.4 Å². The molecule has 6 heteroatoms. The molecule has 1 unspecified atom stereocenters. The Morgan fingerprint density at radius 3 is 2.22 bits per heavy atom. The van der Waals surface area contributed by atoms with Crippen LogP contribution in [-0.4, -0.2) is 55.9 Å². The summed E-state index contributed by atoms with van der Waals surface area (Å²) in [5, 5.41) is 54.2. The zero-order valence-electron chi connectivity index (χ0n) is 23.4. The Kier molecular flexibility index (Phi) is 6.65. The third kappa shape index (κ3) is 3.76. The first-order chi connectivity index (χ1) is 16.4. The molecular weight excluding hydrogens is 456 g/mol. The van der Waals surface area contributed by atoms with Gasteiger partial charge in [-0.2, -0.15) is 0 Å². The Morgan fingerprint density at radius 2 is 1.64 bits per heavy atom. The molecule has 36 heavy (non-hydrogen) atoms. The van der Waals surface area contributed by atoms with Gasteiger partial charge in [-0.1, -0.05) is 53.7 Å². The molecule has 5 N–H and O–H groups in total. The number of carboxylic acids is 1. The maximum absolute atomic E-state index is 12.0. The summed E-state index contributed by atoms with van der Waals surface area (Å²) < 4.78 is 0. The van der Waals surface area contributed by atoms with Crippen molar-refractivity contribution in [3.8, 4) is 0 Å². The van der Waals surface area contributed by atoms with Gasteiger partial charge in [-0.25, -0.2) is 0 Å². The second-order valence-corrected chi connectivity index (χ2v) is 15.0. The van der Waals surface area contributed by atoms with Crippen LogP contribution in [0.15, 0.2) is 12.2 Å². The number of rotatable bonds is 5. The summed E-state index contributed by atoms with van der Waals surface area (Å²) in [6.07, 6.45) is 7.62. The highest BCUT2D eigenvalue weighted by atomic mass is 16.4. The molecule has 0 heterocycles. The summed E-state index contributed by atoms with van der Waals surface area (Å²) in [5.41, 5.74) is -2.99. The van der Waals surface area contributed by atoms with Gasteiger partial charge in [-0.05, 0) is 90.8 Å². The molecule has 0 aliphatic heterocycles. The van der Waals surface area contributed by atoms with Crippen LogP contribution in [0.2, 0.25) is 0 Å². The maximum atomic E-state index is 12.0. The van der Waals surface area contributed by atoms with E-state index in [4.69, 9.17) is 0 Å². The standard InChI is InChI=1S/C30H50O6/c1-25(2)14-19-18-8-9-20-26(3,12-11-24(34)35)21(29(6,36)17-31)10-13-28(20,5)30(18,7)23(33)16-27(19,4)22(32)15-25/h8-9,18-23,31-33,36H,10-17H2,1-7H3,(H,34,35)/t18?,19-,20-,21-,22+,23+,26-,27-,28-,29+,30+/m1/s1. The van der Waals surface area contributed by atoms with Crippen LogP contribution in [0, 0.1) is 50.7 Å². The van der Waals surface area contributed by atoms with Crippen molar-refractivity contribution in [1.29, 1.82) is 0 Å². The smallest absolute Gasteiger partial charge is 0.303 e. The lowest BCUT2D eigenvalue weighted by molar-refractivity contribution is -0.258. The minimum Gasteiger partial charge on any atom is -0.481 e. The van der Waals surface area contributed by atoms with E-state index in [1.165, 1.54) is 0 Å². The molecular formula is C30H50O6. The summed E-state index contributed by atoms with van der Waals surface area (Å²) in [7, 11) is 0. The van der Waals surface area contributed by atoms with E-state index in [9.17, 15) is 30.3 Å². The molecule has 0 aromatic carbocycles. The van der Waals surface area contributed by atoms with Gasteiger partial charge in [0, 0.05) is 11.8 Å². The number of carboxylic acid groups (broad SMARTS) is 1. The van der Waals surface area contributed by atoms with Gasteiger partial charge in [-0.3, -0.25) is 4.79 Å². The number of aliphatic carboxylic acids is 1. The first-order valence-electron chi connectivity index (χ1n) is 14.0. The van der Waals surface area contributed by atoms with E-state index in [2.05, 4.69) is 53.7 Å². The number of hydrogen-bond acceptors (Lipinski definition) is 5. The molecule has 4 rings (SSSR count). The van der Waals surface area contributed by atoms with Gasteiger partial charge in [0.1, 0.15) is 0 Å². The van der Waals surface area contributed by atoms with Crippen molar-refractivity contribution in [3.63, 3.8) is 0 Å². The van der Waals surface area contributed by atoms with Crippen molar-refractivity contribution < 1.29 is 30.3 Å². The molecule has 0 saturated heterocycles. The van der Waals surface area contributed by atoms with E-state index in [0.29, 0.717) is 19.3 Å². The van der Waals surface area contributed by atoms with Crippen molar-refractivity contribution in [1.82, 2.24) is 0 Å². The normalized spacial score (nSPS) is 51.4. The summed E-state index contributed by atoms with van der Waals surface area (Å²) in [6.45, 7) is 14.5. The quantitative estimate of drug-likeness (QED) is 0.353. The van der Waals surface area contributed by atoms with Gasteiger partial charge in [-0.15, -0.1) is 0 Å². The van der Waals surface area contributed by atoms with Gasteiger partial charge < -0.3 is 25.5 Å². The SMILES string of the molecule is CC1(C)C[C@@H]2C3C=C[C@@H]4[C@@](C)(CCC(=O)O)[C@H]([C@@](C)(O)CO)CC[C@@]4(C)[C@]3(C)[C@@H](O)C[C@@]2(C)[C@@H](O)C1. The van der Waals surface area contributed by atoms with E-state index < -0.39 is 34.6 Å². The monoisotopic (exact) mass is 506 g/mol. The molecule has 6 nitrogen and oxygen atoms in total. The van der Waals surface area contributed by atoms with E-state index in [1.54, 1.807) is 6.92 Å². The second-order valence-electron chi connectivity index (χ2n) is 15.0. The van der Waals surface area contributed by atoms with E-state index in [0.717, 1.165) is 19.3 Å². The average molecular weight is 507 g/mol. The second kappa shape index (κ2) is 8.53. The third-order valence-electron chi connectivity index (χ3n) is 12.4. The van der Waals surface area contributed by atoms with Crippen LogP contribution in [0.5, 0.6) is 0 Å². The van der Waals surface area contributed by atoms with Crippen molar-refractivity contribution >= 4 is 5.97 Å². The Labute approximate surface area is 217 Å². The lowest BCUT2D eigenvalue weighted by Crippen LogP contribution is -2.70. The summed E-state index contributed by atoms with van der Waals surface area (Å²) in [6, 6.07) is 0. The Balaban J connectivity index is 1.85. The lowest BCUT2D eigenvalue weighted by atomic mass is 9.33. The predicted octanol–water partition coefficient (Wildman–Crippen LogP) is 4.39. The summed E-state index contributed by atoms with van der Waals surface area (Å²) in [5.74, 6) is -0.842. The van der Waals surface area contributed by atoms with Gasteiger partial charge in [0.05, 0.1) is 24.4 Å². The highest BCUT2D eigenvalue weighted by Gasteiger charge is 2.71. The summed E-state index contributed by atoms with van der Waals surface area (Å²) in [4.78, 5) is 11.7. The molecule has 0 aromatic rings. The number of aliphatic hydroxyl groups excluding tert-OH is 3. The average Bonchev–Trinajstić information content (AvgIpc) is 2.75. The van der Waals surface area contributed by atoms with Crippen LogP contribution in [0.3, 0.4) is 0 Å². The fourth-order valence-electron chi connectivity index (χ4n) is 10.1. The Hall–Kier alpha value is -0.950.